The summed E-state index contributed by atoms with van der Waals surface area (Å²) in [6.07, 6.45) is -17.9. The lowest BCUT2D eigenvalue weighted by Gasteiger charge is -2.34. The maximum absolute atomic E-state index is 14.2. The van der Waals surface area contributed by atoms with E-state index in [2.05, 4.69) is 9.13 Å². The van der Waals surface area contributed by atoms with Crippen molar-refractivity contribution in [3.63, 3.8) is 0 Å². The fraction of sp³-hybridized carbons (Fsp3) is 0.611. The lowest BCUT2D eigenvalue weighted by atomic mass is 10.1. The van der Waals surface area contributed by atoms with Crippen LogP contribution in [0.2, 0.25) is 0 Å². The SMILES string of the molecule is CC(C)N(/C(Cc1ccccc1)=N\S(=O)(=O)C(F)(F)C(F)(F)OC(F)(F)C(F)F)C(C)C. The van der Waals surface area contributed by atoms with E-state index in [1.807, 2.05) is 0 Å². The Kier molecular flexibility index (Phi) is 8.68. The molecule has 0 amide bonds. The number of hydrogen-bond donors (Lipinski definition) is 0. The van der Waals surface area contributed by atoms with Crippen molar-refractivity contribution in [1.29, 1.82) is 0 Å². The van der Waals surface area contributed by atoms with E-state index < -0.39 is 58.3 Å². The summed E-state index contributed by atoms with van der Waals surface area (Å²) in [5, 5.41) is -6.39. The van der Waals surface area contributed by atoms with Gasteiger partial charge in [-0.25, -0.2) is 13.5 Å². The smallest absolute Gasteiger partial charge is 0.354 e. The normalized spacial score (nSPS) is 14.5. The molecule has 0 unspecified atom stereocenters. The summed E-state index contributed by atoms with van der Waals surface area (Å²) in [5.41, 5.74) is 0.378. The molecule has 32 heavy (non-hydrogen) atoms. The molecular formula is C18H22F8N2O3S. The van der Waals surface area contributed by atoms with E-state index in [4.69, 9.17) is 0 Å². The quantitative estimate of drug-likeness (QED) is 0.255. The molecule has 0 aromatic heterocycles. The predicted molar refractivity (Wildman–Crippen MR) is 101 cm³/mol. The van der Waals surface area contributed by atoms with Gasteiger partial charge in [-0.1, -0.05) is 30.3 Å². The Bertz CT molecular complexity index is 883. The van der Waals surface area contributed by atoms with Gasteiger partial charge in [-0.3, -0.25) is 0 Å². The highest BCUT2D eigenvalue weighted by Gasteiger charge is 2.72. The summed E-state index contributed by atoms with van der Waals surface area (Å²) in [6, 6.07) is 6.58. The largest absolute Gasteiger partial charge is 0.455 e. The van der Waals surface area contributed by atoms with Crippen LogP contribution in [0.25, 0.3) is 0 Å². The second-order valence-electron chi connectivity index (χ2n) is 7.24. The van der Waals surface area contributed by atoms with Gasteiger partial charge in [0.1, 0.15) is 5.84 Å². The minimum atomic E-state index is -6.59. The van der Waals surface area contributed by atoms with Gasteiger partial charge in [0.05, 0.1) is 0 Å². The first kappa shape index (κ1) is 28.1. The van der Waals surface area contributed by atoms with Crippen LogP contribution in [0.3, 0.4) is 0 Å². The molecule has 0 saturated carbocycles. The molecule has 184 valence electrons. The second kappa shape index (κ2) is 9.89. The molecule has 0 bridgehead atoms. The Balaban J connectivity index is 3.55. The first-order valence-electron chi connectivity index (χ1n) is 9.13. The van der Waals surface area contributed by atoms with Gasteiger partial charge >= 0.3 is 33.9 Å². The van der Waals surface area contributed by atoms with Gasteiger partial charge in [0.25, 0.3) is 0 Å². The van der Waals surface area contributed by atoms with Crippen LogP contribution in [0.1, 0.15) is 33.3 Å². The summed E-state index contributed by atoms with van der Waals surface area (Å²) in [4.78, 5) is 1.24. The summed E-state index contributed by atoms with van der Waals surface area (Å²) >= 11 is 0. The van der Waals surface area contributed by atoms with Crippen LogP contribution < -0.4 is 0 Å². The van der Waals surface area contributed by atoms with Gasteiger partial charge in [0, 0.05) is 18.5 Å². The Morgan fingerprint density at radius 1 is 0.969 bits per heavy atom. The number of hydrogen-bond acceptors (Lipinski definition) is 3. The molecule has 0 heterocycles. The van der Waals surface area contributed by atoms with Crippen molar-refractivity contribution in [2.24, 2.45) is 4.40 Å². The van der Waals surface area contributed by atoms with Crippen LogP contribution in [-0.4, -0.2) is 55.1 Å². The maximum Gasteiger partial charge on any atom is 0.455 e. The minimum absolute atomic E-state index is 0.378. The van der Waals surface area contributed by atoms with E-state index >= 15 is 0 Å². The Morgan fingerprint density at radius 3 is 1.84 bits per heavy atom. The summed E-state index contributed by atoms with van der Waals surface area (Å²) < 4.78 is 135. The monoisotopic (exact) mass is 498 g/mol. The molecule has 1 aromatic rings. The molecule has 1 rings (SSSR count). The molecule has 1 aromatic carbocycles. The van der Waals surface area contributed by atoms with Gasteiger partial charge in [-0.15, -0.1) is 4.40 Å². The van der Waals surface area contributed by atoms with Gasteiger partial charge in [-0.05, 0) is 33.3 Å². The predicted octanol–water partition coefficient (Wildman–Crippen LogP) is 5.14. The van der Waals surface area contributed by atoms with E-state index in [0.29, 0.717) is 5.56 Å². The van der Waals surface area contributed by atoms with Crippen molar-refractivity contribution in [1.82, 2.24) is 4.90 Å². The summed E-state index contributed by atoms with van der Waals surface area (Å²) in [6.45, 7) is 6.19. The zero-order valence-electron chi connectivity index (χ0n) is 17.4. The second-order valence-corrected chi connectivity index (χ2v) is 8.88. The van der Waals surface area contributed by atoms with Crippen molar-refractivity contribution < 1.29 is 48.3 Å². The lowest BCUT2D eigenvalue weighted by molar-refractivity contribution is -0.435. The number of halogens is 8. The molecule has 14 heteroatoms. The highest BCUT2D eigenvalue weighted by molar-refractivity contribution is 7.91. The molecule has 0 saturated heterocycles. The number of nitrogens with zero attached hydrogens (tertiary/aromatic N) is 2. The molecule has 0 spiro atoms. The summed E-state index contributed by atoms with van der Waals surface area (Å²) in [7, 11) is -6.59. The van der Waals surface area contributed by atoms with Gasteiger partial charge in [-0.2, -0.15) is 34.8 Å². The highest BCUT2D eigenvalue weighted by Crippen LogP contribution is 2.45. The third kappa shape index (κ3) is 6.30. The van der Waals surface area contributed by atoms with Crippen molar-refractivity contribution >= 4 is 15.9 Å². The molecule has 0 aliphatic rings. The first-order valence-corrected chi connectivity index (χ1v) is 10.6. The van der Waals surface area contributed by atoms with Gasteiger partial charge < -0.3 is 4.90 Å². The minimum Gasteiger partial charge on any atom is -0.354 e. The molecule has 0 atom stereocenters. The molecule has 0 radical (unpaired) electrons. The van der Waals surface area contributed by atoms with Gasteiger partial charge in [0.2, 0.25) is 0 Å². The topological polar surface area (TPSA) is 59.0 Å². The van der Waals surface area contributed by atoms with Crippen LogP contribution in [0.5, 0.6) is 0 Å². The van der Waals surface area contributed by atoms with E-state index in [9.17, 15) is 43.5 Å². The molecule has 0 aliphatic heterocycles. The zero-order chi connectivity index (χ0) is 25.1. The van der Waals surface area contributed by atoms with Crippen LogP contribution in [-0.2, 0) is 21.2 Å². The Hall–Kier alpha value is -1.96. The van der Waals surface area contributed by atoms with Crippen LogP contribution in [0.4, 0.5) is 35.1 Å². The van der Waals surface area contributed by atoms with E-state index in [-0.39, 0.29) is 0 Å². The molecule has 0 fully saturated rings. The third-order valence-electron chi connectivity index (χ3n) is 4.02. The Morgan fingerprint density at radius 2 is 1.44 bits per heavy atom. The average molecular weight is 498 g/mol. The van der Waals surface area contributed by atoms with Gasteiger partial charge in [0.15, 0.2) is 0 Å². The zero-order valence-corrected chi connectivity index (χ0v) is 18.2. The number of rotatable bonds is 10. The first-order chi connectivity index (χ1) is 14.4. The maximum atomic E-state index is 14.2. The van der Waals surface area contributed by atoms with E-state index in [1.165, 1.54) is 17.0 Å². The van der Waals surface area contributed by atoms with Crippen LogP contribution in [0.15, 0.2) is 34.7 Å². The number of sulfonamides is 1. The lowest BCUT2D eigenvalue weighted by Crippen LogP contribution is -2.53. The molecule has 5 nitrogen and oxygen atoms in total. The fourth-order valence-corrected chi connectivity index (χ4v) is 3.66. The van der Waals surface area contributed by atoms with Crippen LogP contribution >= 0.6 is 0 Å². The standard InChI is InChI=1S/C18H22F8N2O3S/c1-11(2)28(12(3)4)14(10-13-8-6-5-7-9-13)27-32(29,30)18(25,26)17(23,24)31-16(21,22)15(19)20/h5-9,11-12,15H,10H2,1-4H3/b27-14-. The molecule has 0 N–H and O–H groups in total. The average Bonchev–Trinajstić information content (AvgIpc) is 2.60. The number of ether oxygens (including phenoxy) is 1. The number of alkyl halides is 8. The molecular weight excluding hydrogens is 476 g/mol. The van der Waals surface area contributed by atoms with Crippen molar-refractivity contribution in [2.45, 2.75) is 70.1 Å². The highest BCUT2D eigenvalue weighted by atomic mass is 32.2. The Labute approximate surface area is 180 Å². The van der Waals surface area contributed by atoms with Crippen molar-refractivity contribution in [3.05, 3.63) is 35.9 Å². The number of amidine groups is 1. The number of benzene rings is 1. The van der Waals surface area contributed by atoms with Crippen molar-refractivity contribution in [3.8, 4) is 0 Å². The fourth-order valence-electron chi connectivity index (χ4n) is 2.76. The van der Waals surface area contributed by atoms with E-state index in [0.717, 1.165) is 0 Å². The van der Waals surface area contributed by atoms with Crippen molar-refractivity contribution in [2.75, 3.05) is 0 Å². The third-order valence-corrected chi connectivity index (χ3v) is 5.36. The van der Waals surface area contributed by atoms with Crippen LogP contribution in [0, 0.1) is 0 Å². The summed E-state index contributed by atoms with van der Waals surface area (Å²) in [5.74, 6) is -0.586. The van der Waals surface area contributed by atoms with E-state index in [1.54, 1.807) is 45.9 Å². The molecule has 0 aliphatic carbocycles.